The van der Waals surface area contributed by atoms with Gasteiger partial charge < -0.3 is 5.32 Å². The molecule has 1 amide bonds. The summed E-state index contributed by atoms with van der Waals surface area (Å²) in [4.78, 5) is 12.7. The number of hydrogen-bond acceptors (Lipinski definition) is 4. The van der Waals surface area contributed by atoms with Crippen molar-refractivity contribution in [3.05, 3.63) is 95.0 Å². The monoisotopic (exact) mass is 488 g/mol. The first kappa shape index (κ1) is 24.2. The van der Waals surface area contributed by atoms with Crippen molar-refractivity contribution in [2.24, 2.45) is 0 Å². The van der Waals surface area contributed by atoms with E-state index in [1.54, 1.807) is 54.2 Å². The van der Waals surface area contributed by atoms with Gasteiger partial charge in [-0.25, -0.2) is 8.42 Å². The summed E-state index contributed by atoms with van der Waals surface area (Å²) >= 11 is 7.67. The Morgan fingerprint density at radius 1 is 0.969 bits per heavy atom. The van der Waals surface area contributed by atoms with E-state index < -0.39 is 10.0 Å². The van der Waals surface area contributed by atoms with Crippen molar-refractivity contribution in [1.82, 2.24) is 5.32 Å². The largest absolute Gasteiger partial charge is 0.354 e. The van der Waals surface area contributed by atoms with Crippen molar-refractivity contribution in [1.29, 1.82) is 0 Å². The van der Waals surface area contributed by atoms with Crippen molar-refractivity contribution in [2.45, 2.75) is 17.6 Å². The van der Waals surface area contributed by atoms with Crippen molar-refractivity contribution < 1.29 is 13.2 Å². The molecular formula is C24H25ClN2O3S2. The number of halogens is 1. The Bertz CT molecular complexity index is 1120. The summed E-state index contributed by atoms with van der Waals surface area (Å²) in [5.41, 5.74) is 2.83. The van der Waals surface area contributed by atoms with Gasteiger partial charge in [0.05, 0.1) is 10.6 Å². The fourth-order valence-electron chi connectivity index (χ4n) is 2.97. The van der Waals surface area contributed by atoms with Crippen molar-refractivity contribution in [2.75, 3.05) is 23.1 Å². The summed E-state index contributed by atoms with van der Waals surface area (Å²) in [5, 5.41) is 3.31. The molecule has 32 heavy (non-hydrogen) atoms. The summed E-state index contributed by atoms with van der Waals surface area (Å²) in [6.07, 6.45) is 0. The Hall–Kier alpha value is -2.48. The number of nitrogens with one attached hydrogen (secondary N) is 1. The van der Waals surface area contributed by atoms with Crippen LogP contribution in [0.5, 0.6) is 0 Å². The van der Waals surface area contributed by atoms with E-state index >= 15 is 0 Å². The first-order chi connectivity index (χ1) is 15.4. The van der Waals surface area contributed by atoms with E-state index in [4.69, 9.17) is 11.6 Å². The molecule has 0 saturated heterocycles. The maximum atomic E-state index is 13.2. The molecule has 0 heterocycles. The summed E-state index contributed by atoms with van der Waals surface area (Å²) < 4.78 is 27.5. The second-order valence-electron chi connectivity index (χ2n) is 7.19. The van der Waals surface area contributed by atoms with Gasteiger partial charge in [0.1, 0.15) is 6.54 Å². The van der Waals surface area contributed by atoms with E-state index in [1.807, 2.05) is 0 Å². The highest BCUT2D eigenvalue weighted by atomic mass is 35.5. The topological polar surface area (TPSA) is 66.5 Å². The zero-order valence-corrected chi connectivity index (χ0v) is 20.1. The highest BCUT2D eigenvalue weighted by Crippen LogP contribution is 2.25. The van der Waals surface area contributed by atoms with Gasteiger partial charge in [-0.1, -0.05) is 59.6 Å². The minimum absolute atomic E-state index is 0.122. The number of amides is 1. The van der Waals surface area contributed by atoms with Gasteiger partial charge >= 0.3 is 0 Å². The van der Waals surface area contributed by atoms with Crippen LogP contribution in [0.4, 0.5) is 5.69 Å². The van der Waals surface area contributed by atoms with Crippen LogP contribution in [0.15, 0.2) is 83.8 Å². The molecule has 3 aromatic carbocycles. The number of anilines is 1. The predicted molar refractivity (Wildman–Crippen MR) is 133 cm³/mol. The second kappa shape index (κ2) is 11.4. The molecule has 0 spiro atoms. The summed E-state index contributed by atoms with van der Waals surface area (Å²) in [6, 6.07) is 22.8. The minimum atomic E-state index is -3.91. The molecule has 0 atom stereocenters. The van der Waals surface area contributed by atoms with Gasteiger partial charge in [-0.05, 0) is 48.9 Å². The van der Waals surface area contributed by atoms with Gasteiger partial charge in [-0.15, -0.1) is 0 Å². The fourth-order valence-corrected chi connectivity index (χ4v) is 5.35. The van der Waals surface area contributed by atoms with Gasteiger partial charge in [0.25, 0.3) is 10.0 Å². The van der Waals surface area contributed by atoms with E-state index in [2.05, 4.69) is 36.5 Å². The predicted octanol–water partition coefficient (Wildman–Crippen LogP) is 4.89. The number of thioether (sulfide) groups is 1. The molecule has 0 saturated carbocycles. The lowest BCUT2D eigenvalue weighted by atomic mass is 10.2. The van der Waals surface area contributed by atoms with Crippen LogP contribution in [-0.2, 0) is 20.6 Å². The molecule has 0 aromatic heterocycles. The smallest absolute Gasteiger partial charge is 0.264 e. The number of carbonyl (C=O) groups is 1. The molecule has 0 aliphatic carbocycles. The maximum Gasteiger partial charge on any atom is 0.264 e. The normalized spacial score (nSPS) is 11.2. The van der Waals surface area contributed by atoms with Crippen molar-refractivity contribution in [3.8, 4) is 0 Å². The van der Waals surface area contributed by atoms with Crippen LogP contribution in [0.2, 0.25) is 5.02 Å². The lowest BCUT2D eigenvalue weighted by Crippen LogP contribution is -2.41. The van der Waals surface area contributed by atoms with Crippen LogP contribution in [0, 0.1) is 6.92 Å². The van der Waals surface area contributed by atoms with Gasteiger partial charge in [0.15, 0.2) is 0 Å². The van der Waals surface area contributed by atoms with Crippen LogP contribution < -0.4 is 9.62 Å². The second-order valence-corrected chi connectivity index (χ2v) is 10.6. The molecule has 0 aliphatic heterocycles. The van der Waals surface area contributed by atoms with E-state index in [1.165, 1.54) is 23.3 Å². The van der Waals surface area contributed by atoms with Crippen LogP contribution in [0.3, 0.4) is 0 Å². The zero-order chi connectivity index (χ0) is 23.0. The molecule has 3 rings (SSSR count). The zero-order valence-electron chi connectivity index (χ0n) is 17.7. The molecule has 168 valence electrons. The third-order valence-corrected chi connectivity index (χ3v) is 7.76. The van der Waals surface area contributed by atoms with E-state index in [0.717, 1.165) is 15.8 Å². The SMILES string of the molecule is Cc1ccc(CSCCNC(=O)CN(c2ccc(Cl)cc2)S(=O)(=O)c2ccccc2)cc1. The number of carbonyl (C=O) groups excluding carboxylic acids is 1. The molecule has 0 unspecified atom stereocenters. The number of aryl methyl sites for hydroxylation is 1. The third-order valence-electron chi connectivity index (χ3n) is 4.69. The average Bonchev–Trinajstić information content (AvgIpc) is 2.80. The average molecular weight is 489 g/mol. The standard InChI is InChI=1S/C24H25ClN2O3S2/c1-19-7-9-20(10-8-19)18-31-16-15-26-24(28)17-27(22-13-11-21(25)12-14-22)32(29,30)23-5-3-2-4-6-23/h2-14H,15-18H2,1H3,(H,26,28). The Morgan fingerprint density at radius 2 is 1.62 bits per heavy atom. The Labute approximate surface area is 198 Å². The number of nitrogens with zero attached hydrogens (tertiary/aromatic N) is 1. The summed E-state index contributed by atoms with van der Waals surface area (Å²) in [7, 11) is -3.91. The number of rotatable bonds is 10. The molecule has 1 N–H and O–H groups in total. The molecule has 8 heteroatoms. The van der Waals surface area contributed by atoms with Crippen LogP contribution in [0.25, 0.3) is 0 Å². The Kier molecular flexibility index (Phi) is 8.61. The van der Waals surface area contributed by atoms with Gasteiger partial charge in [0, 0.05) is 23.1 Å². The van der Waals surface area contributed by atoms with Gasteiger partial charge in [-0.2, -0.15) is 11.8 Å². The van der Waals surface area contributed by atoms with Gasteiger partial charge in [-0.3, -0.25) is 9.10 Å². The van der Waals surface area contributed by atoms with E-state index in [9.17, 15) is 13.2 Å². The first-order valence-corrected chi connectivity index (χ1v) is 13.1. The number of benzene rings is 3. The number of sulfonamides is 1. The van der Waals surface area contributed by atoms with Gasteiger partial charge in [0.2, 0.25) is 5.91 Å². The van der Waals surface area contributed by atoms with Crippen LogP contribution in [-0.4, -0.2) is 33.2 Å². The molecule has 5 nitrogen and oxygen atoms in total. The summed E-state index contributed by atoms with van der Waals surface area (Å²) in [6.45, 7) is 2.19. The van der Waals surface area contributed by atoms with E-state index in [0.29, 0.717) is 17.3 Å². The molecule has 3 aromatic rings. The molecule has 0 bridgehead atoms. The van der Waals surface area contributed by atoms with Crippen LogP contribution >= 0.6 is 23.4 Å². The number of hydrogen-bond donors (Lipinski definition) is 1. The van der Waals surface area contributed by atoms with Crippen molar-refractivity contribution >= 4 is 45.0 Å². The highest BCUT2D eigenvalue weighted by molar-refractivity contribution is 7.98. The Balaban J connectivity index is 1.61. The summed E-state index contributed by atoms with van der Waals surface area (Å²) in [5.74, 6) is 1.22. The lowest BCUT2D eigenvalue weighted by molar-refractivity contribution is -0.119. The quantitative estimate of drug-likeness (QED) is 0.412. The fraction of sp³-hybridized carbons (Fsp3) is 0.208. The molecule has 0 fully saturated rings. The minimum Gasteiger partial charge on any atom is -0.354 e. The molecular weight excluding hydrogens is 464 g/mol. The highest BCUT2D eigenvalue weighted by Gasteiger charge is 2.26. The first-order valence-electron chi connectivity index (χ1n) is 10.1. The Morgan fingerprint density at radius 3 is 2.28 bits per heavy atom. The third kappa shape index (κ3) is 6.76. The maximum absolute atomic E-state index is 13.2. The molecule has 0 radical (unpaired) electrons. The van der Waals surface area contributed by atoms with Crippen molar-refractivity contribution in [3.63, 3.8) is 0 Å². The van der Waals surface area contributed by atoms with Crippen LogP contribution in [0.1, 0.15) is 11.1 Å². The lowest BCUT2D eigenvalue weighted by Gasteiger charge is -2.24. The molecule has 0 aliphatic rings. The van der Waals surface area contributed by atoms with E-state index in [-0.39, 0.29) is 17.3 Å².